The van der Waals surface area contributed by atoms with Crippen LogP contribution in [0.4, 0.5) is 0 Å². The number of hydrogen-bond donors (Lipinski definition) is 1. The second-order valence-electron chi connectivity index (χ2n) is 3.82. The molecule has 0 bridgehead atoms. The van der Waals surface area contributed by atoms with Crippen LogP contribution in [-0.2, 0) is 0 Å². The predicted molar refractivity (Wildman–Crippen MR) is 57.5 cm³/mol. The number of aromatic nitrogens is 3. The third kappa shape index (κ3) is 1.69. The van der Waals surface area contributed by atoms with Crippen molar-refractivity contribution in [3.8, 4) is 11.5 Å². The van der Waals surface area contributed by atoms with Crippen molar-refractivity contribution in [1.29, 1.82) is 0 Å². The smallest absolute Gasteiger partial charge is 0.244 e. The van der Waals surface area contributed by atoms with Crippen molar-refractivity contribution in [2.45, 2.75) is 18.9 Å². The Morgan fingerprint density at radius 1 is 1.38 bits per heavy atom. The zero-order chi connectivity index (χ0) is 10.8. The summed E-state index contributed by atoms with van der Waals surface area (Å²) in [6.45, 7) is 1.02. The molecule has 0 unspecified atom stereocenters. The molecular weight excluding hydrogens is 204 g/mol. The molecule has 2 aromatic heterocycles. The summed E-state index contributed by atoms with van der Waals surface area (Å²) in [6, 6.07) is 5.86. The van der Waals surface area contributed by atoms with E-state index >= 15 is 0 Å². The molecule has 1 N–H and O–H groups in total. The van der Waals surface area contributed by atoms with Crippen LogP contribution in [0.3, 0.4) is 0 Å². The number of hydrogen-bond acceptors (Lipinski definition) is 5. The van der Waals surface area contributed by atoms with Gasteiger partial charge < -0.3 is 9.84 Å². The summed E-state index contributed by atoms with van der Waals surface area (Å²) < 4.78 is 5.24. The Hall–Kier alpha value is -1.75. The molecule has 5 heteroatoms. The highest BCUT2D eigenvalue weighted by atomic mass is 16.5. The molecule has 0 aromatic carbocycles. The zero-order valence-electron chi connectivity index (χ0n) is 8.76. The lowest BCUT2D eigenvalue weighted by Gasteiger charge is -2.01. The molecule has 0 radical (unpaired) electrons. The van der Waals surface area contributed by atoms with Crippen molar-refractivity contribution in [3.05, 3.63) is 30.3 Å². The molecule has 0 spiro atoms. The number of nitrogens with zero attached hydrogens (tertiary/aromatic N) is 3. The molecule has 82 valence electrons. The molecule has 1 fully saturated rings. The molecule has 3 heterocycles. The van der Waals surface area contributed by atoms with Crippen LogP contribution < -0.4 is 5.32 Å². The van der Waals surface area contributed by atoms with E-state index in [4.69, 9.17) is 4.52 Å². The van der Waals surface area contributed by atoms with Gasteiger partial charge in [0.15, 0.2) is 0 Å². The van der Waals surface area contributed by atoms with Crippen molar-refractivity contribution in [2.75, 3.05) is 6.54 Å². The van der Waals surface area contributed by atoms with Crippen LogP contribution in [0.25, 0.3) is 11.5 Å². The maximum Gasteiger partial charge on any atom is 0.244 e. The third-order valence-electron chi connectivity index (χ3n) is 2.69. The van der Waals surface area contributed by atoms with Crippen molar-refractivity contribution in [2.24, 2.45) is 0 Å². The van der Waals surface area contributed by atoms with Crippen LogP contribution in [0.15, 0.2) is 28.9 Å². The van der Waals surface area contributed by atoms with E-state index in [-0.39, 0.29) is 6.04 Å². The summed E-state index contributed by atoms with van der Waals surface area (Å²) in [7, 11) is 0. The lowest BCUT2D eigenvalue weighted by atomic mass is 10.2. The summed E-state index contributed by atoms with van der Waals surface area (Å²) in [5.41, 5.74) is 0.746. The highest BCUT2D eigenvalue weighted by Crippen LogP contribution is 2.23. The van der Waals surface area contributed by atoms with Crippen LogP contribution in [0, 0.1) is 0 Å². The predicted octanol–water partition coefficient (Wildman–Crippen LogP) is 1.56. The molecule has 1 atom stereocenters. The van der Waals surface area contributed by atoms with Gasteiger partial charge in [-0.2, -0.15) is 4.98 Å². The van der Waals surface area contributed by atoms with Crippen molar-refractivity contribution in [1.82, 2.24) is 20.4 Å². The first-order chi connectivity index (χ1) is 7.93. The minimum atomic E-state index is 0.213. The van der Waals surface area contributed by atoms with Crippen molar-refractivity contribution >= 4 is 0 Å². The molecule has 1 aliphatic heterocycles. The number of pyridine rings is 1. The highest BCUT2D eigenvalue weighted by Gasteiger charge is 2.22. The van der Waals surface area contributed by atoms with Crippen molar-refractivity contribution < 1.29 is 4.52 Å². The Kier molecular flexibility index (Phi) is 2.38. The van der Waals surface area contributed by atoms with Crippen LogP contribution >= 0.6 is 0 Å². The lowest BCUT2D eigenvalue weighted by Crippen LogP contribution is -2.12. The maximum absolute atomic E-state index is 5.24. The van der Waals surface area contributed by atoms with Gasteiger partial charge in [0.25, 0.3) is 0 Å². The molecule has 16 heavy (non-hydrogen) atoms. The summed E-state index contributed by atoms with van der Waals surface area (Å²) in [6.07, 6.45) is 3.94. The Morgan fingerprint density at radius 3 is 3.12 bits per heavy atom. The molecule has 2 aromatic rings. The largest absolute Gasteiger partial charge is 0.337 e. The van der Waals surface area contributed by atoms with E-state index in [1.54, 1.807) is 6.20 Å². The lowest BCUT2D eigenvalue weighted by molar-refractivity contribution is 0.345. The van der Waals surface area contributed by atoms with E-state index in [1.165, 1.54) is 0 Å². The van der Waals surface area contributed by atoms with Gasteiger partial charge in [0.1, 0.15) is 5.69 Å². The standard InChI is InChI=1S/C11H12N4O/c1-2-6-12-8(4-1)10-14-11(16-15-10)9-5-3-7-13-9/h1-2,4,6,9,13H,3,5,7H2/t9-/m1/s1. The Bertz CT molecular complexity index is 462. The molecule has 0 amide bonds. The Labute approximate surface area is 92.9 Å². The Morgan fingerprint density at radius 2 is 2.38 bits per heavy atom. The van der Waals surface area contributed by atoms with Crippen LogP contribution in [-0.4, -0.2) is 21.7 Å². The van der Waals surface area contributed by atoms with Gasteiger partial charge in [-0.05, 0) is 31.5 Å². The van der Waals surface area contributed by atoms with Crippen LogP contribution in [0.1, 0.15) is 24.8 Å². The number of rotatable bonds is 2. The highest BCUT2D eigenvalue weighted by molar-refractivity contribution is 5.47. The second kappa shape index (κ2) is 4.02. The zero-order valence-corrected chi connectivity index (χ0v) is 8.76. The van der Waals surface area contributed by atoms with Gasteiger partial charge in [-0.1, -0.05) is 11.2 Å². The average molecular weight is 216 g/mol. The summed E-state index contributed by atoms with van der Waals surface area (Å²) >= 11 is 0. The fraction of sp³-hybridized carbons (Fsp3) is 0.364. The van der Waals surface area contributed by atoms with Gasteiger partial charge in [0.05, 0.1) is 6.04 Å². The fourth-order valence-electron chi connectivity index (χ4n) is 1.87. The summed E-state index contributed by atoms with van der Waals surface area (Å²) in [4.78, 5) is 8.54. The molecule has 1 saturated heterocycles. The van der Waals surface area contributed by atoms with E-state index in [2.05, 4.69) is 20.4 Å². The number of nitrogens with one attached hydrogen (secondary N) is 1. The Balaban J connectivity index is 1.87. The third-order valence-corrected chi connectivity index (χ3v) is 2.69. The molecular formula is C11H12N4O. The molecule has 5 nitrogen and oxygen atoms in total. The van der Waals surface area contributed by atoms with Crippen molar-refractivity contribution in [3.63, 3.8) is 0 Å². The quantitative estimate of drug-likeness (QED) is 0.825. The first-order valence-corrected chi connectivity index (χ1v) is 5.42. The van der Waals surface area contributed by atoms with Gasteiger partial charge in [-0.3, -0.25) is 4.98 Å². The SMILES string of the molecule is c1ccc(-c2noc([C@H]3CCCN3)n2)nc1. The van der Waals surface area contributed by atoms with Gasteiger partial charge >= 0.3 is 0 Å². The minimum absolute atomic E-state index is 0.213. The molecule has 1 aliphatic rings. The van der Waals surface area contributed by atoms with Crippen LogP contribution in [0.2, 0.25) is 0 Å². The molecule has 0 saturated carbocycles. The van der Waals surface area contributed by atoms with E-state index in [0.717, 1.165) is 25.1 Å². The normalized spacial score (nSPS) is 20.1. The fourth-order valence-corrected chi connectivity index (χ4v) is 1.87. The first-order valence-electron chi connectivity index (χ1n) is 5.42. The van der Waals surface area contributed by atoms with Gasteiger partial charge in [0.2, 0.25) is 11.7 Å². The monoisotopic (exact) mass is 216 g/mol. The second-order valence-corrected chi connectivity index (χ2v) is 3.82. The van der Waals surface area contributed by atoms with Crippen LogP contribution in [0.5, 0.6) is 0 Å². The van der Waals surface area contributed by atoms with Gasteiger partial charge in [-0.25, -0.2) is 0 Å². The van der Waals surface area contributed by atoms with E-state index in [1.807, 2.05) is 18.2 Å². The molecule has 3 rings (SSSR count). The maximum atomic E-state index is 5.24. The van der Waals surface area contributed by atoms with Gasteiger partial charge in [0, 0.05) is 6.20 Å². The van der Waals surface area contributed by atoms with E-state index < -0.39 is 0 Å². The minimum Gasteiger partial charge on any atom is -0.337 e. The van der Waals surface area contributed by atoms with E-state index in [9.17, 15) is 0 Å². The summed E-state index contributed by atoms with van der Waals surface area (Å²) in [5.74, 6) is 1.22. The first kappa shape index (κ1) is 9.47. The molecule has 0 aliphatic carbocycles. The average Bonchev–Trinajstić information content (AvgIpc) is 3.01. The van der Waals surface area contributed by atoms with Gasteiger partial charge in [-0.15, -0.1) is 0 Å². The van der Waals surface area contributed by atoms with E-state index in [0.29, 0.717) is 11.7 Å². The summed E-state index contributed by atoms with van der Waals surface area (Å²) in [5, 5.41) is 7.26. The topological polar surface area (TPSA) is 63.8 Å².